The van der Waals surface area contributed by atoms with Crippen LogP contribution in [-0.2, 0) is 10.3 Å². The van der Waals surface area contributed by atoms with Gasteiger partial charge in [0.2, 0.25) is 0 Å². The second-order valence-corrected chi connectivity index (χ2v) is 4.98. The summed E-state index contributed by atoms with van der Waals surface area (Å²) in [6.07, 6.45) is 2.07. The van der Waals surface area contributed by atoms with Crippen LogP contribution in [0.1, 0.15) is 18.4 Å². The Kier molecular flexibility index (Phi) is 2.96. The SMILES string of the molecule is O=C(NC1(c2ccccc2)CC1)N1CCOCC1. The zero-order valence-electron chi connectivity index (χ0n) is 10.4. The standard InChI is InChI=1S/C14H18N2O2/c17-13(16-8-10-18-11-9-16)15-14(6-7-14)12-4-2-1-3-5-12/h1-5H,6-11H2,(H,15,17). The number of urea groups is 1. The van der Waals surface area contributed by atoms with E-state index in [1.165, 1.54) is 5.56 Å². The largest absolute Gasteiger partial charge is 0.378 e. The number of nitrogens with one attached hydrogen (secondary N) is 1. The highest BCUT2D eigenvalue weighted by Gasteiger charge is 2.46. The lowest BCUT2D eigenvalue weighted by atomic mass is 10.1. The van der Waals surface area contributed by atoms with Crippen molar-refractivity contribution >= 4 is 6.03 Å². The second-order valence-electron chi connectivity index (χ2n) is 4.98. The highest BCUT2D eigenvalue weighted by Crippen LogP contribution is 2.45. The van der Waals surface area contributed by atoms with Crippen molar-refractivity contribution in [3.05, 3.63) is 35.9 Å². The van der Waals surface area contributed by atoms with Gasteiger partial charge in [-0.15, -0.1) is 0 Å². The molecule has 1 saturated heterocycles. The third kappa shape index (κ3) is 2.20. The van der Waals surface area contributed by atoms with Crippen LogP contribution in [0.5, 0.6) is 0 Å². The van der Waals surface area contributed by atoms with Crippen LogP contribution < -0.4 is 5.32 Å². The van der Waals surface area contributed by atoms with Gasteiger partial charge in [0.15, 0.2) is 0 Å². The summed E-state index contributed by atoms with van der Waals surface area (Å²) in [5.74, 6) is 0. The average Bonchev–Trinajstić information content (AvgIpc) is 3.22. The monoisotopic (exact) mass is 246 g/mol. The molecule has 96 valence electrons. The molecular weight excluding hydrogens is 228 g/mol. The fraction of sp³-hybridized carbons (Fsp3) is 0.500. The number of carbonyl (C=O) groups excluding carboxylic acids is 1. The summed E-state index contributed by atoms with van der Waals surface area (Å²) in [4.78, 5) is 14.0. The maximum Gasteiger partial charge on any atom is 0.318 e. The van der Waals surface area contributed by atoms with Gasteiger partial charge in [0.05, 0.1) is 18.8 Å². The van der Waals surface area contributed by atoms with Crippen molar-refractivity contribution in [2.24, 2.45) is 0 Å². The molecule has 1 saturated carbocycles. The zero-order valence-corrected chi connectivity index (χ0v) is 10.4. The van der Waals surface area contributed by atoms with Gasteiger partial charge in [-0.1, -0.05) is 30.3 Å². The topological polar surface area (TPSA) is 41.6 Å². The molecule has 1 heterocycles. The molecule has 4 nitrogen and oxygen atoms in total. The van der Waals surface area contributed by atoms with E-state index in [1.807, 2.05) is 23.1 Å². The fourth-order valence-electron chi connectivity index (χ4n) is 2.42. The van der Waals surface area contributed by atoms with Crippen molar-refractivity contribution < 1.29 is 9.53 Å². The maximum atomic E-state index is 12.2. The normalized spacial score (nSPS) is 21.4. The molecule has 4 heteroatoms. The predicted molar refractivity (Wildman–Crippen MR) is 68.3 cm³/mol. The lowest BCUT2D eigenvalue weighted by Crippen LogP contribution is -2.49. The molecule has 0 bridgehead atoms. The predicted octanol–water partition coefficient (Wildman–Crippen LogP) is 1.72. The van der Waals surface area contributed by atoms with Crippen LogP contribution >= 0.6 is 0 Å². The first-order valence-electron chi connectivity index (χ1n) is 6.51. The molecule has 2 amide bonds. The van der Waals surface area contributed by atoms with Gasteiger partial charge in [-0.3, -0.25) is 0 Å². The van der Waals surface area contributed by atoms with E-state index in [-0.39, 0.29) is 11.6 Å². The van der Waals surface area contributed by atoms with Gasteiger partial charge in [0, 0.05) is 13.1 Å². The average molecular weight is 246 g/mol. The van der Waals surface area contributed by atoms with Gasteiger partial charge in [0.1, 0.15) is 0 Å². The van der Waals surface area contributed by atoms with E-state index in [2.05, 4.69) is 17.4 Å². The molecule has 0 aromatic heterocycles. The summed E-state index contributed by atoms with van der Waals surface area (Å²) in [5, 5.41) is 3.18. The van der Waals surface area contributed by atoms with Crippen LogP contribution in [0.2, 0.25) is 0 Å². The lowest BCUT2D eigenvalue weighted by molar-refractivity contribution is 0.0522. The Labute approximate surface area is 107 Å². The van der Waals surface area contributed by atoms with E-state index < -0.39 is 0 Å². The highest BCUT2D eigenvalue weighted by molar-refractivity contribution is 5.76. The summed E-state index contributed by atoms with van der Waals surface area (Å²) in [5.41, 5.74) is 1.10. The third-order valence-electron chi connectivity index (χ3n) is 3.72. The summed E-state index contributed by atoms with van der Waals surface area (Å²) in [7, 11) is 0. The quantitative estimate of drug-likeness (QED) is 0.863. The minimum absolute atomic E-state index is 0.0413. The van der Waals surface area contributed by atoms with E-state index in [9.17, 15) is 4.79 Å². The number of nitrogens with zero attached hydrogens (tertiary/aromatic N) is 1. The van der Waals surface area contributed by atoms with Crippen LogP contribution in [0.25, 0.3) is 0 Å². The molecule has 1 N–H and O–H groups in total. The number of rotatable bonds is 2. The van der Waals surface area contributed by atoms with Gasteiger partial charge in [-0.2, -0.15) is 0 Å². The van der Waals surface area contributed by atoms with Crippen molar-refractivity contribution in [2.45, 2.75) is 18.4 Å². The number of ether oxygens (including phenoxy) is 1. The Hall–Kier alpha value is -1.55. The Bertz CT molecular complexity index is 423. The fourth-order valence-corrected chi connectivity index (χ4v) is 2.42. The van der Waals surface area contributed by atoms with Crippen LogP contribution in [0, 0.1) is 0 Å². The molecule has 2 fully saturated rings. The number of carbonyl (C=O) groups is 1. The number of amides is 2. The number of hydrogen-bond donors (Lipinski definition) is 1. The smallest absolute Gasteiger partial charge is 0.318 e. The Morgan fingerprint density at radius 2 is 1.83 bits per heavy atom. The molecule has 1 aromatic rings. The van der Waals surface area contributed by atoms with E-state index in [4.69, 9.17) is 4.74 Å². The third-order valence-corrected chi connectivity index (χ3v) is 3.72. The van der Waals surface area contributed by atoms with Crippen molar-refractivity contribution in [2.75, 3.05) is 26.3 Å². The van der Waals surface area contributed by atoms with Crippen LogP contribution in [0.4, 0.5) is 4.79 Å². The molecule has 1 aromatic carbocycles. The molecule has 0 atom stereocenters. The Balaban J connectivity index is 1.67. The summed E-state index contributed by atoms with van der Waals surface area (Å²) in [6.45, 7) is 2.67. The first-order valence-corrected chi connectivity index (χ1v) is 6.51. The molecule has 0 radical (unpaired) electrons. The van der Waals surface area contributed by atoms with Crippen LogP contribution in [-0.4, -0.2) is 37.2 Å². The molecule has 1 aliphatic carbocycles. The Morgan fingerprint density at radius 3 is 2.44 bits per heavy atom. The summed E-state index contributed by atoms with van der Waals surface area (Å²) in [6, 6.07) is 10.3. The molecule has 2 aliphatic rings. The van der Waals surface area contributed by atoms with Gasteiger partial charge in [-0.05, 0) is 18.4 Å². The lowest BCUT2D eigenvalue weighted by Gasteiger charge is -2.29. The van der Waals surface area contributed by atoms with Gasteiger partial charge >= 0.3 is 6.03 Å². The van der Waals surface area contributed by atoms with E-state index in [1.54, 1.807) is 0 Å². The van der Waals surface area contributed by atoms with Crippen molar-refractivity contribution in [3.63, 3.8) is 0 Å². The Morgan fingerprint density at radius 1 is 1.17 bits per heavy atom. The first-order chi connectivity index (χ1) is 8.80. The summed E-state index contributed by atoms with van der Waals surface area (Å²) >= 11 is 0. The molecule has 0 spiro atoms. The molecule has 0 unspecified atom stereocenters. The summed E-state index contributed by atoms with van der Waals surface area (Å²) < 4.78 is 5.26. The van der Waals surface area contributed by atoms with Crippen LogP contribution in [0.15, 0.2) is 30.3 Å². The number of benzene rings is 1. The van der Waals surface area contributed by atoms with Gasteiger partial charge < -0.3 is 15.0 Å². The first kappa shape index (κ1) is 11.5. The van der Waals surface area contributed by atoms with Crippen molar-refractivity contribution in [1.29, 1.82) is 0 Å². The minimum Gasteiger partial charge on any atom is -0.378 e. The van der Waals surface area contributed by atoms with E-state index >= 15 is 0 Å². The highest BCUT2D eigenvalue weighted by atomic mass is 16.5. The number of hydrogen-bond acceptors (Lipinski definition) is 2. The van der Waals surface area contributed by atoms with Crippen molar-refractivity contribution in [1.82, 2.24) is 10.2 Å². The molecular formula is C14H18N2O2. The number of morpholine rings is 1. The zero-order chi connectivity index (χ0) is 12.4. The van der Waals surface area contributed by atoms with Gasteiger partial charge in [-0.25, -0.2) is 4.79 Å². The van der Waals surface area contributed by atoms with Crippen molar-refractivity contribution in [3.8, 4) is 0 Å². The molecule has 18 heavy (non-hydrogen) atoms. The minimum atomic E-state index is -0.114. The molecule has 1 aliphatic heterocycles. The van der Waals surface area contributed by atoms with Gasteiger partial charge in [0.25, 0.3) is 0 Å². The van der Waals surface area contributed by atoms with Crippen LogP contribution in [0.3, 0.4) is 0 Å². The maximum absolute atomic E-state index is 12.2. The van der Waals surface area contributed by atoms with E-state index in [0.717, 1.165) is 12.8 Å². The van der Waals surface area contributed by atoms with E-state index in [0.29, 0.717) is 26.3 Å². The molecule has 3 rings (SSSR count). The second kappa shape index (κ2) is 4.61.